The van der Waals surface area contributed by atoms with Crippen molar-refractivity contribution >= 4 is 47.5 Å². The number of carbonyl (C=O) groups is 4. The van der Waals surface area contributed by atoms with Gasteiger partial charge < -0.3 is 91.9 Å². The quantitative estimate of drug-likeness (QED) is 0.00538. The van der Waals surface area contributed by atoms with Crippen LogP contribution >= 0.6 is 0 Å². The molecule has 26 heteroatoms. The molecule has 0 unspecified atom stereocenters. The Hall–Kier alpha value is -9.04. The number of likely N-dealkylation sites (tertiary alicyclic amines) is 2. The van der Waals surface area contributed by atoms with Crippen LogP contribution in [-0.2, 0) is 28.7 Å². The Balaban J connectivity index is 0.000000426. The van der Waals surface area contributed by atoms with Crippen molar-refractivity contribution in [1.82, 2.24) is 20.4 Å². The van der Waals surface area contributed by atoms with Crippen LogP contribution < -0.4 is 52.5 Å². The van der Waals surface area contributed by atoms with Crippen LogP contribution in [0.1, 0.15) is 169 Å². The Kier molecular flexibility index (Phi) is 33.5. The van der Waals surface area contributed by atoms with Crippen molar-refractivity contribution in [3.05, 3.63) is 119 Å². The fraction of sp³-hybridized carbons (Fsp3) is 0.556. The molecule has 12 N–H and O–H groups in total. The van der Waals surface area contributed by atoms with E-state index >= 15 is 0 Å². The average molecular weight is 1370 g/mol. The Morgan fingerprint density at radius 3 is 1.01 bits per heavy atom. The molecule has 2 heterocycles. The molecular weight excluding hydrogens is 1260 g/mol. The third-order valence-corrected chi connectivity index (χ3v) is 16.8. The van der Waals surface area contributed by atoms with Gasteiger partial charge in [-0.2, -0.15) is 0 Å². The van der Waals surface area contributed by atoms with E-state index in [1.54, 1.807) is 114 Å². The van der Waals surface area contributed by atoms with Gasteiger partial charge in [0.15, 0.2) is 23.3 Å². The number of amidine groups is 4. The van der Waals surface area contributed by atoms with E-state index in [4.69, 9.17) is 71.4 Å². The number of nitrogens with two attached hydrogens (primary N) is 4. The Morgan fingerprint density at radius 2 is 0.745 bits per heavy atom. The lowest BCUT2D eigenvalue weighted by molar-refractivity contribution is -0.148. The third kappa shape index (κ3) is 29.8. The van der Waals surface area contributed by atoms with E-state index in [0.29, 0.717) is 78.9 Å². The fourth-order valence-corrected chi connectivity index (χ4v) is 10.7. The van der Waals surface area contributed by atoms with Crippen LogP contribution in [0.2, 0.25) is 0 Å². The van der Waals surface area contributed by atoms with Crippen molar-refractivity contribution in [2.45, 2.75) is 170 Å². The van der Waals surface area contributed by atoms with Gasteiger partial charge in [-0.15, -0.1) is 0 Å². The Labute approximate surface area is 578 Å². The maximum Gasteiger partial charge on any atom is 0.408 e. The van der Waals surface area contributed by atoms with Gasteiger partial charge in [0.2, 0.25) is 0 Å². The van der Waals surface area contributed by atoms with Gasteiger partial charge in [-0.1, -0.05) is 61.2 Å². The van der Waals surface area contributed by atoms with E-state index in [9.17, 15) is 19.2 Å². The van der Waals surface area contributed by atoms with Crippen LogP contribution in [0.15, 0.2) is 118 Å². The van der Waals surface area contributed by atoms with Crippen molar-refractivity contribution in [2.75, 3.05) is 65.7 Å². The largest absolute Gasteiger partial charge is 0.494 e. The summed E-state index contributed by atoms with van der Waals surface area (Å²) < 4.78 is 34.2. The lowest BCUT2D eigenvalue weighted by Gasteiger charge is -2.32. The zero-order chi connectivity index (χ0) is 71.6. The summed E-state index contributed by atoms with van der Waals surface area (Å²) >= 11 is 0. The molecule has 6 rings (SSSR count). The van der Waals surface area contributed by atoms with Crippen LogP contribution in [0.5, 0.6) is 23.0 Å². The molecule has 98 heavy (non-hydrogen) atoms. The van der Waals surface area contributed by atoms with Gasteiger partial charge in [0.1, 0.15) is 46.3 Å². The first-order valence-corrected chi connectivity index (χ1v) is 34.2. The molecule has 0 aromatic heterocycles. The highest BCUT2D eigenvalue weighted by Crippen LogP contribution is 2.26. The molecular formula is C72H108N12O14. The zero-order valence-corrected chi connectivity index (χ0v) is 59.0. The standard InChI is InChI=1S/C47H73N7O10.C25H35N5O4/c1-11-31(3)38(50-44(57)61-46(5,6)7)42(55)63-52-40(48)34-16-20-36(21-17-34)59-29-13-15-33-24-27-54(28-25-33)26-14-30-60-37-22-18-35(19-23-37)41(49)53-64-43(56)39(32(4)12-2)51-45(58)62-47(8,9)10;26-24(28-31)20-4-8-22(9-5-20)33-17-1-3-19-12-15-30(16-13-19)14-2-18-34-23-10-6-21(7-11-23)25(27)29-32/h16-23,31-33,38-39H,11-15,24-30H2,1-10H3,(H2,48,52)(H2,49,53)(H,50,57)(H,51,58);4-11,19,31-32H,1-3,12-18H2,(H2,26,28)(H2,27,29)/t31-,32+,38-,39-;/m1./s1. The van der Waals surface area contributed by atoms with E-state index in [0.717, 1.165) is 102 Å². The molecule has 0 saturated carbocycles. The number of nitrogens with zero attached hydrogens (tertiary/aromatic N) is 6. The predicted molar refractivity (Wildman–Crippen MR) is 378 cm³/mol. The fourth-order valence-electron chi connectivity index (χ4n) is 10.7. The van der Waals surface area contributed by atoms with Gasteiger partial charge in [-0.3, -0.25) is 0 Å². The summed E-state index contributed by atoms with van der Waals surface area (Å²) in [7, 11) is 0. The molecule has 540 valence electrons. The molecule has 0 bridgehead atoms. The van der Waals surface area contributed by atoms with Gasteiger partial charge in [0.25, 0.3) is 0 Å². The van der Waals surface area contributed by atoms with Crippen LogP contribution in [-0.4, -0.2) is 157 Å². The molecule has 26 nitrogen and oxygen atoms in total. The predicted octanol–water partition coefficient (Wildman–Crippen LogP) is 10.4. The average Bonchev–Trinajstić information content (AvgIpc) is 1.08. The van der Waals surface area contributed by atoms with E-state index in [-0.39, 0.29) is 35.2 Å². The number of amides is 2. The van der Waals surface area contributed by atoms with Crippen molar-refractivity contribution in [3.63, 3.8) is 0 Å². The summed E-state index contributed by atoms with van der Waals surface area (Å²) in [6, 6.07) is 26.8. The van der Waals surface area contributed by atoms with Gasteiger partial charge >= 0.3 is 24.1 Å². The van der Waals surface area contributed by atoms with E-state index < -0.39 is 47.4 Å². The molecule has 4 aromatic carbocycles. The maximum absolute atomic E-state index is 12.8. The van der Waals surface area contributed by atoms with Crippen molar-refractivity contribution in [2.24, 2.45) is 67.2 Å². The monoisotopic (exact) mass is 1360 g/mol. The minimum atomic E-state index is -0.949. The summed E-state index contributed by atoms with van der Waals surface area (Å²) in [6.07, 6.45) is 10.7. The first-order valence-electron chi connectivity index (χ1n) is 34.2. The lowest BCUT2D eigenvalue weighted by Crippen LogP contribution is -2.47. The van der Waals surface area contributed by atoms with Crippen LogP contribution in [0.25, 0.3) is 0 Å². The number of oxime groups is 4. The second-order valence-corrected chi connectivity index (χ2v) is 26.8. The first kappa shape index (κ1) is 79.6. The molecule has 2 amide bonds. The van der Waals surface area contributed by atoms with Gasteiger partial charge in [0, 0.05) is 35.3 Å². The highest BCUT2D eigenvalue weighted by Gasteiger charge is 2.32. The minimum absolute atomic E-state index is 0.0165. The van der Waals surface area contributed by atoms with Gasteiger partial charge in [0.05, 0.1) is 26.4 Å². The Morgan fingerprint density at radius 1 is 0.469 bits per heavy atom. The van der Waals surface area contributed by atoms with Crippen molar-refractivity contribution < 1.29 is 67.7 Å². The number of benzene rings is 4. The highest BCUT2D eigenvalue weighted by molar-refractivity contribution is 5.99. The number of alkyl carbamates (subject to hydrolysis) is 2. The Bertz CT molecular complexity index is 2950. The molecule has 2 aliphatic heterocycles. The number of nitrogens with one attached hydrogen (secondary N) is 2. The molecule has 2 aliphatic rings. The van der Waals surface area contributed by atoms with Crippen LogP contribution in [0.3, 0.4) is 0 Å². The number of piperidine rings is 2. The molecule has 0 aliphatic carbocycles. The van der Waals surface area contributed by atoms with E-state index in [2.05, 4.69) is 41.1 Å². The molecule has 2 fully saturated rings. The van der Waals surface area contributed by atoms with Gasteiger partial charge in [-0.05, 0) is 253 Å². The third-order valence-electron chi connectivity index (χ3n) is 16.8. The normalized spacial score (nSPS) is 16.0. The van der Waals surface area contributed by atoms with Gasteiger partial charge in [-0.25, -0.2) is 19.2 Å². The second-order valence-electron chi connectivity index (χ2n) is 26.8. The number of hydrogen-bond donors (Lipinski definition) is 8. The molecule has 0 spiro atoms. The zero-order valence-electron chi connectivity index (χ0n) is 59.0. The van der Waals surface area contributed by atoms with Crippen LogP contribution in [0.4, 0.5) is 9.59 Å². The van der Waals surface area contributed by atoms with E-state index in [1.165, 1.54) is 19.3 Å². The smallest absolute Gasteiger partial charge is 0.408 e. The summed E-state index contributed by atoms with van der Waals surface area (Å²) in [5.41, 5.74) is 24.4. The van der Waals surface area contributed by atoms with E-state index in [1.807, 2.05) is 52.0 Å². The highest BCUT2D eigenvalue weighted by atomic mass is 16.7. The second kappa shape index (κ2) is 41.3. The molecule has 2 saturated heterocycles. The van der Waals surface area contributed by atoms with Crippen molar-refractivity contribution in [1.29, 1.82) is 0 Å². The lowest BCUT2D eigenvalue weighted by atomic mass is 9.92. The number of rotatable bonds is 34. The summed E-state index contributed by atoms with van der Waals surface area (Å²) in [4.78, 5) is 65.5. The minimum Gasteiger partial charge on any atom is -0.494 e. The summed E-state index contributed by atoms with van der Waals surface area (Å²) in [5, 5.41) is 36.2. The molecule has 4 atom stereocenters. The topological polar surface area (TPSA) is 367 Å². The summed E-state index contributed by atoms with van der Waals surface area (Å²) in [5.74, 6) is 2.72. The number of hydrogen-bond acceptors (Lipinski definition) is 20. The first-order chi connectivity index (χ1) is 46.8. The molecule has 0 radical (unpaired) electrons. The SMILES string of the molecule is CC[C@@H](C)[C@@H](NC(=O)OC(C)(C)C)C(=O)O/N=C(\N)c1ccc(OCCCC2CCN(CCCOc3ccc(/C(N)=N/OC(=O)[C@H](NC(=O)OC(C)(C)C)[C@@H](C)CC)cc3)CC2)cc1.N/C(=N\O)c1ccc(OCCCC2CCN(CCCOc3ccc(/C(N)=N\O)cc3)CC2)cc1. The van der Waals surface area contributed by atoms with Crippen molar-refractivity contribution in [3.8, 4) is 23.0 Å². The maximum atomic E-state index is 12.8. The van der Waals surface area contributed by atoms with Crippen LogP contribution in [0, 0.1) is 23.7 Å². The summed E-state index contributed by atoms with van der Waals surface area (Å²) in [6.45, 7) is 26.8. The number of carbonyl (C=O) groups excluding carboxylic acids is 4. The molecule has 4 aromatic rings. The number of ether oxygens (including phenoxy) is 6.